The molecule has 2 unspecified atom stereocenters. The third-order valence-electron chi connectivity index (χ3n) is 4.84. The first-order valence-electron chi connectivity index (χ1n) is 9.85. The van der Waals surface area contributed by atoms with Gasteiger partial charge in [0.15, 0.2) is 5.54 Å². The molecular formula is C21H26ClF3N2O5. The number of likely N-dealkylation sites (tertiary alicyclic amines) is 1. The second-order valence-corrected chi connectivity index (χ2v) is 9.11. The third-order valence-corrected chi connectivity index (χ3v) is 5.19. The minimum atomic E-state index is -4.47. The van der Waals surface area contributed by atoms with Gasteiger partial charge in [0, 0.05) is 13.0 Å². The molecule has 0 aliphatic carbocycles. The zero-order chi connectivity index (χ0) is 24.3. The molecule has 1 fully saturated rings. The van der Waals surface area contributed by atoms with Gasteiger partial charge in [-0.05, 0) is 44.9 Å². The monoisotopic (exact) mass is 478 g/mol. The van der Waals surface area contributed by atoms with Crippen LogP contribution in [0.1, 0.15) is 38.3 Å². The summed E-state index contributed by atoms with van der Waals surface area (Å²) in [4.78, 5) is 38.8. The maximum atomic E-state index is 12.7. The number of ether oxygens (including phenoxy) is 2. The number of rotatable bonds is 5. The number of carbonyl (C=O) groups excluding carboxylic acids is 3. The number of esters is 1. The number of alkyl halides is 4. The second kappa shape index (κ2) is 9.56. The Bertz CT molecular complexity index is 854. The summed E-state index contributed by atoms with van der Waals surface area (Å²) in [6, 6.07) is 4.29. The maximum absolute atomic E-state index is 12.7. The quantitative estimate of drug-likeness (QED) is 0.517. The Kier molecular flexibility index (Phi) is 7.70. The average Bonchev–Trinajstić information content (AvgIpc) is 3.11. The molecule has 2 atom stereocenters. The van der Waals surface area contributed by atoms with Crippen molar-refractivity contribution in [1.82, 2.24) is 10.2 Å². The van der Waals surface area contributed by atoms with Crippen molar-refractivity contribution in [2.24, 2.45) is 0 Å². The first-order chi connectivity index (χ1) is 14.7. The highest BCUT2D eigenvalue weighted by Gasteiger charge is 2.49. The van der Waals surface area contributed by atoms with Crippen LogP contribution >= 0.6 is 11.6 Å². The fourth-order valence-corrected chi connectivity index (χ4v) is 3.48. The molecule has 1 saturated heterocycles. The van der Waals surface area contributed by atoms with Crippen molar-refractivity contribution in [2.45, 2.75) is 56.3 Å². The van der Waals surface area contributed by atoms with Gasteiger partial charge >= 0.3 is 18.2 Å². The highest BCUT2D eigenvalue weighted by Crippen LogP contribution is 2.30. The number of amides is 2. The van der Waals surface area contributed by atoms with E-state index in [9.17, 15) is 27.6 Å². The SMILES string of the molecule is COC(=O)C1(NC(=O)C(Cl)Cc2ccc(C(F)(F)F)cc2)CCN(C(=O)OC(C)(C)C)C1. The summed E-state index contributed by atoms with van der Waals surface area (Å²) in [5, 5.41) is 1.41. The predicted octanol–water partition coefficient (Wildman–Crippen LogP) is 3.52. The van der Waals surface area contributed by atoms with Crippen LogP contribution in [0.5, 0.6) is 0 Å². The lowest BCUT2D eigenvalue weighted by Crippen LogP contribution is -2.58. The summed E-state index contributed by atoms with van der Waals surface area (Å²) in [6.07, 6.45) is -5.07. The van der Waals surface area contributed by atoms with E-state index in [-0.39, 0.29) is 25.9 Å². The number of benzene rings is 1. The summed E-state index contributed by atoms with van der Waals surface area (Å²) < 4.78 is 48.2. The van der Waals surface area contributed by atoms with Gasteiger partial charge in [-0.1, -0.05) is 12.1 Å². The van der Waals surface area contributed by atoms with Gasteiger partial charge in [-0.3, -0.25) is 4.79 Å². The lowest BCUT2D eigenvalue weighted by Gasteiger charge is -2.29. The van der Waals surface area contributed by atoms with E-state index in [1.54, 1.807) is 20.8 Å². The van der Waals surface area contributed by atoms with Crippen LogP contribution in [0.2, 0.25) is 0 Å². The molecule has 0 bridgehead atoms. The fraction of sp³-hybridized carbons (Fsp3) is 0.571. The van der Waals surface area contributed by atoms with Crippen LogP contribution in [-0.2, 0) is 31.7 Å². The number of nitrogens with one attached hydrogen (secondary N) is 1. The number of hydrogen-bond donors (Lipinski definition) is 1. The van der Waals surface area contributed by atoms with E-state index < -0.39 is 46.2 Å². The first kappa shape index (κ1) is 25.8. The molecule has 1 N–H and O–H groups in total. The molecule has 2 rings (SSSR count). The summed E-state index contributed by atoms with van der Waals surface area (Å²) in [5.41, 5.74) is -2.63. The van der Waals surface area contributed by atoms with Crippen molar-refractivity contribution in [2.75, 3.05) is 20.2 Å². The molecule has 1 aromatic carbocycles. The number of halogens is 4. The van der Waals surface area contributed by atoms with Gasteiger partial charge in [-0.25, -0.2) is 9.59 Å². The molecule has 1 aromatic rings. The van der Waals surface area contributed by atoms with Gasteiger partial charge in [0.1, 0.15) is 11.0 Å². The van der Waals surface area contributed by atoms with E-state index in [4.69, 9.17) is 21.1 Å². The molecule has 178 valence electrons. The van der Waals surface area contributed by atoms with Crippen LogP contribution < -0.4 is 5.32 Å². The number of nitrogens with zero attached hydrogens (tertiary/aromatic N) is 1. The zero-order valence-electron chi connectivity index (χ0n) is 18.2. The van der Waals surface area contributed by atoms with Gasteiger partial charge in [0.25, 0.3) is 0 Å². The molecule has 1 aliphatic heterocycles. The Hall–Kier alpha value is -2.49. The molecule has 1 aliphatic rings. The van der Waals surface area contributed by atoms with Crippen LogP contribution in [0.25, 0.3) is 0 Å². The number of hydrogen-bond acceptors (Lipinski definition) is 5. The van der Waals surface area contributed by atoms with Crippen molar-refractivity contribution in [3.8, 4) is 0 Å². The second-order valence-electron chi connectivity index (χ2n) is 8.58. The van der Waals surface area contributed by atoms with Crippen LogP contribution in [0, 0.1) is 0 Å². The van der Waals surface area contributed by atoms with Crippen LogP contribution in [0.4, 0.5) is 18.0 Å². The number of methoxy groups -OCH3 is 1. The molecule has 11 heteroatoms. The van der Waals surface area contributed by atoms with E-state index in [0.29, 0.717) is 5.56 Å². The average molecular weight is 479 g/mol. The Balaban J connectivity index is 2.08. The molecule has 2 amide bonds. The predicted molar refractivity (Wildman–Crippen MR) is 110 cm³/mol. The molecular weight excluding hydrogens is 453 g/mol. The van der Waals surface area contributed by atoms with E-state index in [1.165, 1.54) is 17.0 Å². The third kappa shape index (κ3) is 6.51. The molecule has 32 heavy (non-hydrogen) atoms. The lowest BCUT2D eigenvalue weighted by atomic mass is 9.97. The van der Waals surface area contributed by atoms with Crippen molar-refractivity contribution in [1.29, 1.82) is 0 Å². The summed E-state index contributed by atoms with van der Waals surface area (Å²) in [5.74, 6) is -1.45. The van der Waals surface area contributed by atoms with E-state index >= 15 is 0 Å². The Morgan fingerprint density at radius 1 is 1.19 bits per heavy atom. The van der Waals surface area contributed by atoms with Gasteiger partial charge in [0.05, 0.1) is 19.2 Å². The largest absolute Gasteiger partial charge is 0.467 e. The van der Waals surface area contributed by atoms with Crippen molar-refractivity contribution in [3.05, 3.63) is 35.4 Å². The zero-order valence-corrected chi connectivity index (χ0v) is 19.0. The Labute approximate surface area is 189 Å². The summed E-state index contributed by atoms with van der Waals surface area (Å²) in [7, 11) is 1.16. The molecule has 0 aromatic heterocycles. The fourth-order valence-electron chi connectivity index (χ4n) is 3.25. The topological polar surface area (TPSA) is 84.9 Å². The van der Waals surface area contributed by atoms with Crippen molar-refractivity contribution < 1.29 is 37.0 Å². The molecule has 7 nitrogen and oxygen atoms in total. The smallest absolute Gasteiger partial charge is 0.416 e. The molecule has 0 radical (unpaired) electrons. The lowest BCUT2D eigenvalue weighted by molar-refractivity contribution is -0.150. The molecule has 1 heterocycles. The molecule has 0 spiro atoms. The number of carbonyl (C=O) groups is 3. The summed E-state index contributed by atoms with van der Waals surface area (Å²) in [6.45, 7) is 5.10. The van der Waals surface area contributed by atoms with Crippen LogP contribution in [0.15, 0.2) is 24.3 Å². The minimum absolute atomic E-state index is 0.0570. The summed E-state index contributed by atoms with van der Waals surface area (Å²) >= 11 is 6.18. The highest BCUT2D eigenvalue weighted by atomic mass is 35.5. The van der Waals surface area contributed by atoms with E-state index in [1.807, 2.05) is 0 Å². The van der Waals surface area contributed by atoms with E-state index in [2.05, 4.69) is 5.32 Å². The van der Waals surface area contributed by atoms with Gasteiger partial charge < -0.3 is 19.7 Å². The Morgan fingerprint density at radius 2 is 1.78 bits per heavy atom. The Morgan fingerprint density at radius 3 is 2.28 bits per heavy atom. The highest BCUT2D eigenvalue weighted by molar-refractivity contribution is 6.31. The standard InChI is InChI=1S/C21H26ClF3N2O5/c1-19(2,3)32-18(30)27-10-9-20(12-27,17(29)31-4)26-16(28)15(22)11-13-5-7-14(8-6-13)21(23,24)25/h5-8,15H,9-12H2,1-4H3,(H,26,28). The van der Waals surface area contributed by atoms with Gasteiger partial charge in [-0.15, -0.1) is 11.6 Å². The van der Waals surface area contributed by atoms with Crippen LogP contribution in [-0.4, -0.2) is 59.6 Å². The normalized spacial score (nSPS) is 19.9. The van der Waals surface area contributed by atoms with Crippen molar-refractivity contribution >= 4 is 29.6 Å². The van der Waals surface area contributed by atoms with Crippen LogP contribution in [0.3, 0.4) is 0 Å². The maximum Gasteiger partial charge on any atom is 0.416 e. The van der Waals surface area contributed by atoms with E-state index in [0.717, 1.165) is 19.2 Å². The van der Waals surface area contributed by atoms with Gasteiger partial charge in [0.2, 0.25) is 5.91 Å². The first-order valence-corrected chi connectivity index (χ1v) is 10.3. The van der Waals surface area contributed by atoms with Crippen molar-refractivity contribution in [3.63, 3.8) is 0 Å². The minimum Gasteiger partial charge on any atom is -0.467 e. The molecule has 0 saturated carbocycles. The van der Waals surface area contributed by atoms with Gasteiger partial charge in [-0.2, -0.15) is 13.2 Å².